The number of carbonyl (C=O) groups is 2. The Morgan fingerprint density at radius 1 is 1.18 bits per heavy atom. The van der Waals surface area contributed by atoms with Gasteiger partial charge in [-0.1, -0.05) is 12.1 Å². The van der Waals surface area contributed by atoms with Crippen LogP contribution < -0.4 is 16.0 Å². The number of aliphatic imine (C=N–C) groups is 1. The molecule has 1 heterocycles. The molecule has 0 radical (unpaired) electrons. The third-order valence-corrected chi connectivity index (χ3v) is 5.19. The number of hydrogen-bond donors (Lipinski definition) is 3. The average molecular weight is 543 g/mol. The fourth-order valence-corrected chi connectivity index (χ4v) is 3.72. The quantitative estimate of drug-likeness (QED) is 0.274. The number of nitro benzene ring substituents is 1. The Labute approximate surface area is 212 Å². The van der Waals surface area contributed by atoms with E-state index >= 15 is 4.39 Å². The molecule has 0 aromatic heterocycles. The molecule has 0 unspecified atom stereocenters. The van der Waals surface area contributed by atoms with Crippen LogP contribution in [-0.2, 0) is 21.2 Å². The molecule has 0 spiro atoms. The van der Waals surface area contributed by atoms with Crippen LogP contribution in [-0.4, -0.2) is 28.5 Å². The normalized spacial score (nSPS) is 17.8. The molecular formula is C23H22F5N5O5. The summed E-state index contributed by atoms with van der Waals surface area (Å²) in [5, 5.41) is 17.9. The van der Waals surface area contributed by atoms with Crippen molar-refractivity contribution in [2.45, 2.75) is 51.4 Å². The fraction of sp³-hybridized carbons (Fsp3) is 0.348. The maximum Gasteiger partial charge on any atom is 0.421 e. The summed E-state index contributed by atoms with van der Waals surface area (Å²) in [6.45, 7) is 6.12. The van der Waals surface area contributed by atoms with E-state index in [2.05, 4.69) is 15.6 Å². The number of halogens is 5. The molecule has 204 valence electrons. The van der Waals surface area contributed by atoms with E-state index < -0.39 is 74.9 Å². The smallest absolute Gasteiger partial charge is 0.421 e. The first kappa shape index (κ1) is 28.3. The van der Waals surface area contributed by atoms with Gasteiger partial charge in [-0.3, -0.25) is 25.5 Å². The van der Waals surface area contributed by atoms with Gasteiger partial charge in [0.15, 0.2) is 5.82 Å². The largest absolute Gasteiger partial charge is 0.444 e. The van der Waals surface area contributed by atoms with Gasteiger partial charge in [0.2, 0.25) is 11.9 Å². The number of amides is 2. The zero-order valence-corrected chi connectivity index (χ0v) is 20.4. The lowest BCUT2D eigenvalue weighted by molar-refractivity contribution is -0.384. The molecule has 3 N–H and O–H groups in total. The molecule has 10 nitrogen and oxygen atoms in total. The number of ether oxygens (including phenoxy) is 1. The Bertz CT molecular complexity index is 1340. The zero-order chi connectivity index (χ0) is 28.6. The Balaban J connectivity index is 2.07. The van der Waals surface area contributed by atoms with Crippen molar-refractivity contribution in [3.05, 3.63) is 63.2 Å². The van der Waals surface area contributed by atoms with Gasteiger partial charge in [0.1, 0.15) is 22.7 Å². The highest BCUT2D eigenvalue weighted by Gasteiger charge is 2.42. The predicted octanol–water partition coefficient (Wildman–Crippen LogP) is 5.25. The van der Waals surface area contributed by atoms with Crippen molar-refractivity contribution in [1.29, 1.82) is 0 Å². The molecular weight excluding hydrogens is 521 g/mol. The van der Waals surface area contributed by atoms with Gasteiger partial charge in [-0.15, -0.1) is 0 Å². The summed E-state index contributed by atoms with van der Waals surface area (Å²) in [7, 11) is 0. The lowest BCUT2D eigenvalue weighted by atomic mass is 9.87. The van der Waals surface area contributed by atoms with Crippen molar-refractivity contribution in [3.63, 3.8) is 0 Å². The van der Waals surface area contributed by atoms with Gasteiger partial charge in [-0.05, 0) is 39.8 Å². The van der Waals surface area contributed by atoms with Crippen molar-refractivity contribution >= 4 is 35.0 Å². The number of benzene rings is 2. The molecule has 1 aliphatic heterocycles. The molecule has 0 aliphatic carbocycles. The summed E-state index contributed by atoms with van der Waals surface area (Å²) in [6.07, 6.45) is -6.75. The highest BCUT2D eigenvalue weighted by atomic mass is 19.4. The van der Waals surface area contributed by atoms with E-state index in [0.29, 0.717) is 6.07 Å². The molecule has 2 amide bonds. The minimum Gasteiger partial charge on any atom is -0.444 e. The number of nitrogens with zero attached hydrogens (tertiary/aromatic N) is 2. The Hall–Kier alpha value is -4.30. The van der Waals surface area contributed by atoms with Gasteiger partial charge in [0.05, 0.1) is 22.6 Å². The molecule has 38 heavy (non-hydrogen) atoms. The number of carbonyl (C=O) groups excluding carboxylic acids is 2. The van der Waals surface area contributed by atoms with Gasteiger partial charge in [0, 0.05) is 11.6 Å². The number of alkyl carbamates (subject to hydrolysis) is 1. The van der Waals surface area contributed by atoms with Crippen LogP contribution in [0.2, 0.25) is 0 Å². The molecule has 0 saturated heterocycles. The van der Waals surface area contributed by atoms with E-state index in [1.807, 2.05) is 5.32 Å². The lowest BCUT2D eigenvalue weighted by Gasteiger charge is -2.31. The molecule has 0 fully saturated rings. The highest BCUT2D eigenvalue weighted by Crippen LogP contribution is 2.44. The number of hydrogen-bond acceptors (Lipinski definition) is 7. The van der Waals surface area contributed by atoms with Crippen LogP contribution in [0.4, 0.5) is 43.8 Å². The second kappa shape index (κ2) is 9.87. The summed E-state index contributed by atoms with van der Waals surface area (Å²) in [5.41, 5.74) is -7.96. The van der Waals surface area contributed by atoms with E-state index in [1.165, 1.54) is 19.1 Å². The van der Waals surface area contributed by atoms with E-state index in [9.17, 15) is 37.3 Å². The SMILES string of the molecule is CC(C)(C)OC(=O)NC1=N[C@](C)(c2cccc(Nc3c([N+](=O)[O-])ccc(F)c3C(F)(F)F)c2F)CC(=O)N1. The highest BCUT2D eigenvalue weighted by molar-refractivity contribution is 6.05. The summed E-state index contributed by atoms with van der Waals surface area (Å²) < 4.78 is 75.6. The molecule has 1 atom stereocenters. The van der Waals surface area contributed by atoms with Crippen molar-refractivity contribution in [2.24, 2.45) is 4.99 Å². The second-order valence-corrected chi connectivity index (χ2v) is 9.45. The third kappa shape index (κ3) is 6.15. The Morgan fingerprint density at radius 3 is 2.42 bits per heavy atom. The average Bonchev–Trinajstić information content (AvgIpc) is 2.71. The van der Waals surface area contributed by atoms with Crippen molar-refractivity contribution < 1.29 is 41.2 Å². The number of nitro groups is 1. The van der Waals surface area contributed by atoms with Gasteiger partial charge in [0.25, 0.3) is 5.69 Å². The van der Waals surface area contributed by atoms with Gasteiger partial charge in [-0.2, -0.15) is 13.2 Å². The molecule has 0 bridgehead atoms. The van der Waals surface area contributed by atoms with Crippen LogP contribution in [0.5, 0.6) is 0 Å². The standard InChI is InChI=1S/C23H22F5N5O5/c1-21(2,3)38-20(35)31-19-30-15(34)10-22(4,32-19)11-6-5-7-13(17(11)25)29-18-14(33(36)37)9-8-12(24)16(18)23(26,27)28/h5-9,29H,10H2,1-4H3,(H2,30,31,32,34,35)/t22-/m0/s1. The lowest BCUT2D eigenvalue weighted by Crippen LogP contribution is -2.51. The number of guanidine groups is 1. The van der Waals surface area contributed by atoms with Crippen molar-refractivity contribution in [2.75, 3.05) is 5.32 Å². The first-order valence-electron chi connectivity index (χ1n) is 10.9. The van der Waals surface area contributed by atoms with Crippen LogP contribution in [0.3, 0.4) is 0 Å². The van der Waals surface area contributed by atoms with E-state index in [-0.39, 0.29) is 17.6 Å². The van der Waals surface area contributed by atoms with Gasteiger partial charge >= 0.3 is 12.3 Å². The summed E-state index contributed by atoms with van der Waals surface area (Å²) in [5.74, 6) is -4.06. The second-order valence-electron chi connectivity index (χ2n) is 9.45. The van der Waals surface area contributed by atoms with Crippen molar-refractivity contribution in [3.8, 4) is 0 Å². The third-order valence-electron chi connectivity index (χ3n) is 5.19. The first-order chi connectivity index (χ1) is 17.4. The molecule has 15 heteroatoms. The van der Waals surface area contributed by atoms with E-state index in [0.717, 1.165) is 6.07 Å². The number of anilines is 2. The molecule has 0 saturated carbocycles. The number of rotatable bonds is 4. The molecule has 1 aliphatic rings. The predicted molar refractivity (Wildman–Crippen MR) is 125 cm³/mol. The van der Waals surface area contributed by atoms with Crippen LogP contribution in [0.15, 0.2) is 35.3 Å². The summed E-state index contributed by atoms with van der Waals surface area (Å²) >= 11 is 0. The minimum atomic E-state index is -5.35. The molecule has 2 aromatic carbocycles. The molecule has 2 aromatic rings. The first-order valence-corrected chi connectivity index (χ1v) is 10.9. The number of nitrogens with one attached hydrogen (secondary N) is 3. The van der Waals surface area contributed by atoms with Crippen LogP contribution in [0.1, 0.15) is 45.2 Å². The van der Waals surface area contributed by atoms with Crippen LogP contribution in [0.25, 0.3) is 0 Å². The maximum absolute atomic E-state index is 15.7. The zero-order valence-electron chi connectivity index (χ0n) is 20.4. The topological polar surface area (TPSA) is 135 Å². The molecule has 3 rings (SSSR count). The van der Waals surface area contributed by atoms with E-state index in [4.69, 9.17) is 4.74 Å². The van der Waals surface area contributed by atoms with Gasteiger partial charge < -0.3 is 10.1 Å². The Morgan fingerprint density at radius 2 is 1.84 bits per heavy atom. The van der Waals surface area contributed by atoms with Crippen molar-refractivity contribution in [1.82, 2.24) is 10.6 Å². The minimum absolute atomic E-state index is 0.286. The fourth-order valence-electron chi connectivity index (χ4n) is 3.72. The summed E-state index contributed by atoms with van der Waals surface area (Å²) in [4.78, 5) is 38.9. The van der Waals surface area contributed by atoms with Crippen LogP contribution in [0, 0.1) is 21.7 Å². The Kier molecular flexibility index (Phi) is 7.34. The van der Waals surface area contributed by atoms with Gasteiger partial charge in [-0.25, -0.2) is 18.6 Å². The maximum atomic E-state index is 15.7. The monoisotopic (exact) mass is 543 g/mol. The summed E-state index contributed by atoms with van der Waals surface area (Å²) in [6, 6.07) is 4.17. The number of alkyl halides is 3. The van der Waals surface area contributed by atoms with Crippen LogP contribution >= 0.6 is 0 Å². The van der Waals surface area contributed by atoms with E-state index in [1.54, 1.807) is 20.8 Å².